The molecule has 0 aliphatic heterocycles. The number of halogens is 1. The monoisotopic (exact) mass is 252 g/mol. The molecule has 0 saturated heterocycles. The third-order valence-electron chi connectivity index (χ3n) is 1.57. The zero-order chi connectivity index (χ0) is 10.6. The molecule has 1 aromatic rings. The zero-order valence-electron chi connectivity index (χ0n) is 8.29. The summed E-state index contributed by atoms with van der Waals surface area (Å²) in [6.07, 6.45) is 1.85. The van der Waals surface area contributed by atoms with Crippen molar-refractivity contribution < 1.29 is 0 Å². The van der Waals surface area contributed by atoms with E-state index in [0.717, 1.165) is 21.6 Å². The molecule has 74 valence electrons. The van der Waals surface area contributed by atoms with Crippen molar-refractivity contribution in [3.63, 3.8) is 0 Å². The van der Waals surface area contributed by atoms with Gasteiger partial charge in [0.15, 0.2) is 0 Å². The molecule has 0 fully saturated rings. The van der Waals surface area contributed by atoms with Gasteiger partial charge in [-0.1, -0.05) is 15.9 Å². The van der Waals surface area contributed by atoms with Crippen LogP contribution in [0.5, 0.6) is 0 Å². The third kappa shape index (κ3) is 3.75. The summed E-state index contributed by atoms with van der Waals surface area (Å²) >= 11 is 3.37. The second-order valence-electron chi connectivity index (χ2n) is 3.12. The van der Waals surface area contributed by atoms with Gasteiger partial charge in [-0.05, 0) is 44.2 Å². The van der Waals surface area contributed by atoms with E-state index in [-0.39, 0.29) is 0 Å². The largest absolute Gasteiger partial charge is 0.402 e. The normalized spacial score (nSPS) is 13.1. The van der Waals surface area contributed by atoms with Crippen LogP contribution < -0.4 is 5.73 Å². The van der Waals surface area contributed by atoms with Crippen molar-refractivity contribution in [3.8, 4) is 0 Å². The molecular formula is C11H13BrN2. The minimum absolute atomic E-state index is 0.767. The number of hydrogen-bond donors (Lipinski definition) is 1. The molecule has 0 unspecified atom stereocenters. The van der Waals surface area contributed by atoms with E-state index in [1.165, 1.54) is 0 Å². The van der Waals surface area contributed by atoms with Crippen LogP contribution in [-0.2, 0) is 0 Å². The van der Waals surface area contributed by atoms with Crippen molar-refractivity contribution in [1.29, 1.82) is 0 Å². The first-order valence-electron chi connectivity index (χ1n) is 4.32. The number of hydrogen-bond acceptors (Lipinski definition) is 2. The van der Waals surface area contributed by atoms with E-state index >= 15 is 0 Å². The molecule has 2 N–H and O–H groups in total. The van der Waals surface area contributed by atoms with Crippen LogP contribution in [0, 0.1) is 0 Å². The molecular weight excluding hydrogens is 240 g/mol. The van der Waals surface area contributed by atoms with Gasteiger partial charge >= 0.3 is 0 Å². The van der Waals surface area contributed by atoms with Gasteiger partial charge in [-0.2, -0.15) is 0 Å². The first-order chi connectivity index (χ1) is 6.58. The standard InChI is InChI=1S/C11H13BrN2/c1-8(13)7-9(2)14-11-5-3-10(12)4-6-11/h3-7H,13H2,1-2H3/b8-7-,14-9?. The van der Waals surface area contributed by atoms with Gasteiger partial charge in [0.05, 0.1) is 5.69 Å². The summed E-state index contributed by atoms with van der Waals surface area (Å²) in [4.78, 5) is 4.38. The molecule has 0 saturated carbocycles. The van der Waals surface area contributed by atoms with Crippen molar-refractivity contribution >= 4 is 27.3 Å². The van der Waals surface area contributed by atoms with Crippen molar-refractivity contribution in [1.82, 2.24) is 0 Å². The Balaban J connectivity index is 2.87. The van der Waals surface area contributed by atoms with E-state index in [2.05, 4.69) is 20.9 Å². The quantitative estimate of drug-likeness (QED) is 0.806. The maximum atomic E-state index is 5.54. The summed E-state index contributed by atoms with van der Waals surface area (Å²) < 4.78 is 1.06. The van der Waals surface area contributed by atoms with Gasteiger partial charge in [0.1, 0.15) is 0 Å². The molecule has 0 aliphatic carbocycles. The van der Waals surface area contributed by atoms with Crippen molar-refractivity contribution in [3.05, 3.63) is 40.5 Å². The maximum absolute atomic E-state index is 5.54. The topological polar surface area (TPSA) is 38.4 Å². The fourth-order valence-corrected chi connectivity index (χ4v) is 1.35. The number of aliphatic imine (C=N–C) groups is 1. The van der Waals surface area contributed by atoms with Crippen LogP contribution in [-0.4, -0.2) is 5.71 Å². The van der Waals surface area contributed by atoms with Crippen LogP contribution in [0.15, 0.2) is 45.5 Å². The average Bonchev–Trinajstić information content (AvgIpc) is 2.07. The molecule has 0 heterocycles. The van der Waals surface area contributed by atoms with Crippen molar-refractivity contribution in [2.45, 2.75) is 13.8 Å². The molecule has 0 radical (unpaired) electrons. The van der Waals surface area contributed by atoms with Gasteiger partial charge in [-0.3, -0.25) is 4.99 Å². The first-order valence-corrected chi connectivity index (χ1v) is 5.12. The Labute approximate surface area is 92.7 Å². The second-order valence-corrected chi connectivity index (χ2v) is 4.03. The molecule has 3 heteroatoms. The number of rotatable bonds is 2. The Kier molecular flexibility index (Phi) is 3.89. The molecule has 0 aromatic heterocycles. The number of nitrogens with two attached hydrogens (primary N) is 1. The number of nitrogens with zero attached hydrogens (tertiary/aromatic N) is 1. The molecule has 0 aliphatic rings. The van der Waals surface area contributed by atoms with Gasteiger partial charge in [-0.15, -0.1) is 0 Å². The van der Waals surface area contributed by atoms with Crippen LogP contribution in [0.1, 0.15) is 13.8 Å². The second kappa shape index (κ2) is 4.96. The Morgan fingerprint density at radius 2 is 1.86 bits per heavy atom. The van der Waals surface area contributed by atoms with Crippen LogP contribution in [0.3, 0.4) is 0 Å². The Hall–Kier alpha value is -1.09. The van der Waals surface area contributed by atoms with Crippen LogP contribution >= 0.6 is 15.9 Å². The fraction of sp³-hybridized carbons (Fsp3) is 0.182. The highest BCUT2D eigenvalue weighted by Crippen LogP contribution is 2.16. The van der Waals surface area contributed by atoms with Crippen molar-refractivity contribution in [2.75, 3.05) is 0 Å². The third-order valence-corrected chi connectivity index (χ3v) is 2.10. The molecule has 1 rings (SSSR count). The molecule has 0 amide bonds. The first kappa shape index (κ1) is 11.0. The minimum Gasteiger partial charge on any atom is -0.402 e. The lowest BCUT2D eigenvalue weighted by Gasteiger charge is -1.96. The predicted molar refractivity (Wildman–Crippen MR) is 64.9 cm³/mol. The lowest BCUT2D eigenvalue weighted by Crippen LogP contribution is -1.94. The van der Waals surface area contributed by atoms with Crippen LogP contribution in [0.25, 0.3) is 0 Å². The highest BCUT2D eigenvalue weighted by Gasteiger charge is 1.90. The number of allylic oxidation sites excluding steroid dienone is 2. The van der Waals surface area contributed by atoms with E-state index < -0.39 is 0 Å². The molecule has 1 aromatic carbocycles. The van der Waals surface area contributed by atoms with E-state index in [4.69, 9.17) is 5.73 Å². The summed E-state index contributed by atoms with van der Waals surface area (Å²) in [5, 5.41) is 0. The molecule has 0 atom stereocenters. The summed E-state index contributed by atoms with van der Waals surface area (Å²) in [6.45, 7) is 3.78. The maximum Gasteiger partial charge on any atom is 0.0633 e. The summed E-state index contributed by atoms with van der Waals surface area (Å²) in [5.41, 5.74) is 8.15. The molecule has 14 heavy (non-hydrogen) atoms. The highest BCUT2D eigenvalue weighted by atomic mass is 79.9. The lowest BCUT2D eigenvalue weighted by atomic mass is 10.3. The predicted octanol–water partition coefficient (Wildman–Crippen LogP) is 3.40. The molecule has 0 bridgehead atoms. The van der Waals surface area contributed by atoms with Crippen molar-refractivity contribution in [2.24, 2.45) is 10.7 Å². The molecule has 2 nitrogen and oxygen atoms in total. The summed E-state index contributed by atoms with van der Waals surface area (Å²) in [7, 11) is 0. The van der Waals surface area contributed by atoms with Crippen LogP contribution in [0.4, 0.5) is 5.69 Å². The SMILES string of the molecule is CC(/C=C(/C)N)=Nc1ccc(Br)cc1. The summed E-state index contributed by atoms with van der Waals surface area (Å²) in [6, 6.07) is 7.83. The Bertz CT molecular complexity index is 359. The summed E-state index contributed by atoms with van der Waals surface area (Å²) in [5.74, 6) is 0. The van der Waals surface area contributed by atoms with E-state index in [0.29, 0.717) is 0 Å². The Morgan fingerprint density at radius 1 is 1.29 bits per heavy atom. The highest BCUT2D eigenvalue weighted by molar-refractivity contribution is 9.10. The van der Waals surface area contributed by atoms with Crippen LogP contribution in [0.2, 0.25) is 0 Å². The molecule has 0 spiro atoms. The Morgan fingerprint density at radius 3 is 2.36 bits per heavy atom. The lowest BCUT2D eigenvalue weighted by molar-refractivity contribution is 1.32. The fourth-order valence-electron chi connectivity index (χ4n) is 1.08. The average molecular weight is 253 g/mol. The minimum atomic E-state index is 0.767. The van der Waals surface area contributed by atoms with Gasteiger partial charge < -0.3 is 5.73 Å². The smallest absolute Gasteiger partial charge is 0.0633 e. The van der Waals surface area contributed by atoms with Gasteiger partial charge in [0.25, 0.3) is 0 Å². The van der Waals surface area contributed by atoms with Gasteiger partial charge in [0, 0.05) is 15.9 Å². The van der Waals surface area contributed by atoms with E-state index in [1.54, 1.807) is 0 Å². The number of benzene rings is 1. The van der Waals surface area contributed by atoms with Gasteiger partial charge in [0.2, 0.25) is 0 Å². The van der Waals surface area contributed by atoms with Gasteiger partial charge in [-0.25, -0.2) is 0 Å². The van der Waals surface area contributed by atoms with E-state index in [1.807, 2.05) is 44.2 Å². The van der Waals surface area contributed by atoms with E-state index in [9.17, 15) is 0 Å². The zero-order valence-corrected chi connectivity index (χ0v) is 9.88.